The van der Waals surface area contributed by atoms with Crippen molar-refractivity contribution >= 4 is 0 Å². The Morgan fingerprint density at radius 3 is 1.52 bits per heavy atom. The molecule has 1 unspecified atom stereocenters. The van der Waals surface area contributed by atoms with Crippen LogP contribution in [-0.4, -0.2) is 25.8 Å². The molecule has 1 fully saturated rings. The molecule has 0 aliphatic heterocycles. The minimum Gasteiger partial charge on any atom is -0.327 e. The van der Waals surface area contributed by atoms with E-state index in [1.54, 1.807) is 0 Å². The van der Waals surface area contributed by atoms with Crippen LogP contribution in [0.3, 0.4) is 0 Å². The van der Waals surface area contributed by atoms with Crippen LogP contribution in [0.25, 0.3) is 0 Å². The zero-order valence-corrected chi connectivity index (χ0v) is 21.7. The van der Waals surface area contributed by atoms with Crippen molar-refractivity contribution in [1.82, 2.24) is 0 Å². The predicted octanol–water partition coefficient (Wildman–Crippen LogP) is 9.04. The fourth-order valence-electron chi connectivity index (χ4n) is 4.90. The van der Waals surface area contributed by atoms with Crippen LogP contribution < -0.4 is 0 Å². The number of ether oxygens (including phenoxy) is 3. The maximum Gasteiger partial charge on any atom is 0.286 e. The Balaban J connectivity index is 2.97. The van der Waals surface area contributed by atoms with Crippen molar-refractivity contribution in [2.45, 2.75) is 149 Å². The van der Waals surface area contributed by atoms with Crippen molar-refractivity contribution in [1.29, 1.82) is 0 Å². The molecule has 1 aliphatic carbocycles. The SMILES string of the molecule is CCCCCCCCC(C1CCCCC1)C(OCCCC)(OCCCC)OCCCC. The zero-order chi connectivity index (χ0) is 22.6. The summed E-state index contributed by atoms with van der Waals surface area (Å²) >= 11 is 0. The molecule has 0 saturated heterocycles. The van der Waals surface area contributed by atoms with Gasteiger partial charge in [-0.1, -0.05) is 105 Å². The van der Waals surface area contributed by atoms with Gasteiger partial charge in [0.2, 0.25) is 0 Å². The maximum atomic E-state index is 6.63. The molecule has 1 atom stereocenters. The standard InChI is InChI=1S/C28H56O3/c1-5-9-13-14-15-19-22-27(26-20-17-16-18-21-26)28(29-23-10-6-2,30-24-11-7-3)31-25-12-8-4/h26-27H,5-25H2,1-4H3. The van der Waals surface area contributed by atoms with E-state index < -0.39 is 5.97 Å². The van der Waals surface area contributed by atoms with E-state index in [9.17, 15) is 0 Å². The lowest BCUT2D eigenvalue weighted by molar-refractivity contribution is -0.413. The largest absolute Gasteiger partial charge is 0.327 e. The van der Waals surface area contributed by atoms with Crippen LogP contribution >= 0.6 is 0 Å². The fourth-order valence-corrected chi connectivity index (χ4v) is 4.90. The molecule has 0 spiro atoms. The Bertz CT molecular complexity index is 352. The molecule has 0 N–H and O–H groups in total. The van der Waals surface area contributed by atoms with Gasteiger partial charge in [-0.25, -0.2) is 0 Å². The van der Waals surface area contributed by atoms with Crippen molar-refractivity contribution in [2.24, 2.45) is 11.8 Å². The fraction of sp³-hybridized carbons (Fsp3) is 1.00. The summed E-state index contributed by atoms with van der Waals surface area (Å²) in [6.07, 6.45) is 22.6. The lowest BCUT2D eigenvalue weighted by Crippen LogP contribution is -2.50. The highest BCUT2D eigenvalue weighted by atomic mass is 16.9. The highest BCUT2D eigenvalue weighted by Crippen LogP contribution is 2.42. The van der Waals surface area contributed by atoms with Crippen molar-refractivity contribution < 1.29 is 14.2 Å². The first-order valence-electron chi connectivity index (χ1n) is 14.2. The van der Waals surface area contributed by atoms with Crippen molar-refractivity contribution in [3.05, 3.63) is 0 Å². The van der Waals surface area contributed by atoms with Crippen LogP contribution in [0.4, 0.5) is 0 Å². The molecule has 1 saturated carbocycles. The van der Waals surface area contributed by atoms with Gasteiger partial charge in [0.15, 0.2) is 0 Å². The second-order valence-corrected chi connectivity index (χ2v) is 9.77. The van der Waals surface area contributed by atoms with E-state index in [-0.39, 0.29) is 0 Å². The summed E-state index contributed by atoms with van der Waals surface area (Å²) in [5.41, 5.74) is 0. The van der Waals surface area contributed by atoms with Gasteiger partial charge in [0, 0.05) is 5.92 Å². The summed E-state index contributed by atoms with van der Waals surface area (Å²) in [5.74, 6) is 0.212. The van der Waals surface area contributed by atoms with E-state index in [0.717, 1.165) is 58.3 Å². The van der Waals surface area contributed by atoms with Gasteiger partial charge in [0.25, 0.3) is 5.97 Å². The molecule has 0 aromatic rings. The van der Waals surface area contributed by atoms with Crippen LogP contribution in [-0.2, 0) is 14.2 Å². The first-order valence-corrected chi connectivity index (χ1v) is 14.2. The van der Waals surface area contributed by atoms with Gasteiger partial charge >= 0.3 is 0 Å². The molecule has 3 heteroatoms. The molecule has 1 aliphatic rings. The molecule has 0 aromatic heterocycles. The molecule has 0 amide bonds. The van der Waals surface area contributed by atoms with Crippen LogP contribution in [0.1, 0.15) is 143 Å². The number of rotatable bonds is 21. The van der Waals surface area contributed by atoms with Gasteiger partial charge in [-0.2, -0.15) is 0 Å². The van der Waals surface area contributed by atoms with Crippen molar-refractivity contribution in [3.8, 4) is 0 Å². The maximum absolute atomic E-state index is 6.63. The highest BCUT2D eigenvalue weighted by Gasteiger charge is 2.46. The molecular formula is C28H56O3. The van der Waals surface area contributed by atoms with E-state index in [2.05, 4.69) is 27.7 Å². The Labute approximate surface area is 195 Å². The zero-order valence-electron chi connectivity index (χ0n) is 21.7. The summed E-state index contributed by atoms with van der Waals surface area (Å²) in [7, 11) is 0. The van der Waals surface area contributed by atoms with Crippen molar-refractivity contribution in [2.75, 3.05) is 19.8 Å². The lowest BCUT2D eigenvalue weighted by atomic mass is 9.76. The normalized spacial score (nSPS) is 16.6. The van der Waals surface area contributed by atoms with Crippen LogP contribution in [0.15, 0.2) is 0 Å². The quantitative estimate of drug-likeness (QED) is 0.132. The summed E-state index contributed by atoms with van der Waals surface area (Å²) in [6.45, 7) is 11.2. The van der Waals surface area contributed by atoms with E-state index >= 15 is 0 Å². The summed E-state index contributed by atoms with van der Waals surface area (Å²) in [5, 5.41) is 0. The monoisotopic (exact) mass is 440 g/mol. The van der Waals surface area contributed by atoms with E-state index in [1.807, 2.05) is 0 Å². The van der Waals surface area contributed by atoms with Crippen molar-refractivity contribution in [3.63, 3.8) is 0 Å². The predicted molar refractivity (Wildman–Crippen MR) is 133 cm³/mol. The van der Waals surface area contributed by atoms with Gasteiger partial charge in [-0.05, 0) is 44.4 Å². The Morgan fingerprint density at radius 1 is 0.581 bits per heavy atom. The van der Waals surface area contributed by atoms with Gasteiger partial charge in [-0.3, -0.25) is 0 Å². The molecule has 0 aromatic carbocycles. The highest BCUT2D eigenvalue weighted by molar-refractivity contribution is 4.82. The van der Waals surface area contributed by atoms with Gasteiger partial charge < -0.3 is 14.2 Å². The van der Waals surface area contributed by atoms with E-state index in [4.69, 9.17) is 14.2 Å². The number of hydrogen-bond donors (Lipinski definition) is 0. The molecule has 31 heavy (non-hydrogen) atoms. The molecular weight excluding hydrogens is 384 g/mol. The van der Waals surface area contributed by atoms with Gasteiger partial charge in [-0.15, -0.1) is 0 Å². The number of unbranched alkanes of at least 4 members (excludes halogenated alkanes) is 8. The molecule has 3 nitrogen and oxygen atoms in total. The van der Waals surface area contributed by atoms with E-state index in [0.29, 0.717) is 11.8 Å². The minimum atomic E-state index is -0.828. The van der Waals surface area contributed by atoms with Crippen LogP contribution in [0.2, 0.25) is 0 Å². The summed E-state index contributed by atoms with van der Waals surface area (Å²) in [6, 6.07) is 0. The third-order valence-electron chi connectivity index (χ3n) is 6.95. The van der Waals surface area contributed by atoms with Crippen LogP contribution in [0.5, 0.6) is 0 Å². The Hall–Kier alpha value is -0.120. The Morgan fingerprint density at radius 2 is 1.03 bits per heavy atom. The lowest BCUT2D eigenvalue weighted by Gasteiger charge is -2.44. The average molecular weight is 441 g/mol. The van der Waals surface area contributed by atoms with E-state index in [1.165, 1.54) is 77.0 Å². The second-order valence-electron chi connectivity index (χ2n) is 9.77. The first-order chi connectivity index (χ1) is 15.2. The summed E-state index contributed by atoms with van der Waals surface area (Å²) in [4.78, 5) is 0. The van der Waals surface area contributed by atoms with Crippen LogP contribution in [0, 0.1) is 11.8 Å². The average Bonchev–Trinajstić information content (AvgIpc) is 2.79. The Kier molecular flexibility index (Phi) is 18.1. The van der Waals surface area contributed by atoms with Gasteiger partial charge in [0.1, 0.15) is 0 Å². The molecule has 0 radical (unpaired) electrons. The smallest absolute Gasteiger partial charge is 0.286 e. The first kappa shape index (κ1) is 28.9. The third-order valence-corrected chi connectivity index (χ3v) is 6.95. The number of hydrogen-bond acceptors (Lipinski definition) is 3. The molecule has 0 heterocycles. The minimum absolute atomic E-state index is 0.365. The molecule has 186 valence electrons. The second kappa shape index (κ2) is 19.4. The topological polar surface area (TPSA) is 27.7 Å². The molecule has 0 bridgehead atoms. The summed E-state index contributed by atoms with van der Waals surface area (Å²) < 4.78 is 19.9. The molecule has 1 rings (SSSR count). The third kappa shape index (κ3) is 12.1. The van der Waals surface area contributed by atoms with Gasteiger partial charge in [0.05, 0.1) is 19.8 Å².